The zero-order chi connectivity index (χ0) is 22.7. The van der Waals surface area contributed by atoms with Crippen molar-refractivity contribution in [3.8, 4) is 11.3 Å². The van der Waals surface area contributed by atoms with E-state index in [0.717, 1.165) is 30.0 Å². The molecule has 0 bridgehead atoms. The zero-order valence-electron chi connectivity index (χ0n) is 18.2. The molecular formula is C23H26N4O5S. The second-order valence-electron chi connectivity index (χ2n) is 8.24. The van der Waals surface area contributed by atoms with Crippen LogP contribution < -0.4 is 0 Å². The first-order chi connectivity index (χ1) is 16.0. The van der Waals surface area contributed by atoms with Gasteiger partial charge in [-0.25, -0.2) is 8.42 Å². The van der Waals surface area contributed by atoms with Crippen molar-refractivity contribution in [3.05, 3.63) is 66.7 Å². The van der Waals surface area contributed by atoms with Crippen LogP contribution in [0.1, 0.15) is 12.2 Å². The molecule has 0 amide bonds. The topological polar surface area (TPSA) is 98.0 Å². The van der Waals surface area contributed by atoms with Crippen molar-refractivity contribution >= 4 is 10.0 Å². The minimum absolute atomic E-state index is 0.117. The highest BCUT2D eigenvalue weighted by Crippen LogP contribution is 2.29. The molecule has 9 nitrogen and oxygen atoms in total. The van der Waals surface area contributed by atoms with Gasteiger partial charge < -0.3 is 14.0 Å². The summed E-state index contributed by atoms with van der Waals surface area (Å²) < 4.78 is 45.5. The van der Waals surface area contributed by atoms with Gasteiger partial charge in [0.2, 0.25) is 10.0 Å². The van der Waals surface area contributed by atoms with Gasteiger partial charge in [0.05, 0.1) is 32.8 Å². The lowest BCUT2D eigenvalue weighted by molar-refractivity contribution is -0.258. The molecule has 33 heavy (non-hydrogen) atoms. The minimum Gasteiger partial charge on any atom is -0.359 e. The molecule has 0 saturated carbocycles. The first-order valence-electron chi connectivity index (χ1n) is 11.0. The first kappa shape index (κ1) is 22.2. The van der Waals surface area contributed by atoms with Crippen LogP contribution in [0.5, 0.6) is 0 Å². The third kappa shape index (κ3) is 4.85. The van der Waals surface area contributed by atoms with Crippen molar-refractivity contribution in [2.45, 2.75) is 23.6 Å². The smallest absolute Gasteiger partial charge is 0.244 e. The van der Waals surface area contributed by atoms with Gasteiger partial charge in [0.1, 0.15) is 10.6 Å². The van der Waals surface area contributed by atoms with Crippen LogP contribution in [-0.4, -0.2) is 72.9 Å². The summed E-state index contributed by atoms with van der Waals surface area (Å²) in [5, 5.41) is 4.20. The Bertz CT molecular complexity index is 1170. The number of rotatable bonds is 5. The van der Waals surface area contributed by atoms with E-state index in [-0.39, 0.29) is 24.6 Å². The number of morpholine rings is 1. The predicted octanol–water partition coefficient (Wildman–Crippen LogP) is 2.38. The van der Waals surface area contributed by atoms with E-state index in [2.05, 4.69) is 15.0 Å². The van der Waals surface area contributed by atoms with Crippen molar-refractivity contribution in [1.29, 1.82) is 0 Å². The Morgan fingerprint density at radius 2 is 1.85 bits per heavy atom. The maximum absolute atomic E-state index is 13.1. The molecule has 2 aliphatic heterocycles. The normalized spacial score (nSPS) is 22.9. The summed E-state index contributed by atoms with van der Waals surface area (Å²) in [5.41, 5.74) is 1.78. The Hall–Kier alpha value is -2.63. The summed E-state index contributed by atoms with van der Waals surface area (Å²) in [5.74, 6) is -0.298. The van der Waals surface area contributed by atoms with Crippen LogP contribution in [0.2, 0.25) is 0 Å². The maximum Gasteiger partial charge on any atom is 0.244 e. The Kier molecular flexibility index (Phi) is 6.26. The van der Waals surface area contributed by atoms with E-state index in [4.69, 9.17) is 14.0 Å². The fourth-order valence-corrected chi connectivity index (χ4v) is 5.69. The molecule has 1 atom stereocenters. The minimum atomic E-state index is -3.69. The van der Waals surface area contributed by atoms with E-state index >= 15 is 0 Å². The third-order valence-electron chi connectivity index (χ3n) is 5.85. The summed E-state index contributed by atoms with van der Waals surface area (Å²) in [4.78, 5) is 6.29. The molecule has 3 aromatic rings. The van der Waals surface area contributed by atoms with Crippen molar-refractivity contribution in [2.75, 3.05) is 39.4 Å². The van der Waals surface area contributed by atoms with Crippen LogP contribution in [0.15, 0.2) is 70.3 Å². The van der Waals surface area contributed by atoms with Gasteiger partial charge in [-0.2, -0.15) is 4.31 Å². The second-order valence-corrected chi connectivity index (χ2v) is 10.2. The Labute approximate surface area is 193 Å². The van der Waals surface area contributed by atoms with Crippen molar-refractivity contribution in [1.82, 2.24) is 19.3 Å². The SMILES string of the molecule is O=S(=O)(c1cccnc1)N1CCOC2(CN(Cc3cc(-c4ccccc4)no3)CCCO2)C1. The maximum atomic E-state index is 13.1. The fraction of sp³-hybridized carbons (Fsp3) is 0.391. The van der Waals surface area contributed by atoms with Gasteiger partial charge in [0.15, 0.2) is 11.5 Å². The molecule has 0 radical (unpaired) electrons. The van der Waals surface area contributed by atoms with Gasteiger partial charge in [0, 0.05) is 37.1 Å². The van der Waals surface area contributed by atoms with E-state index in [9.17, 15) is 8.42 Å². The fourth-order valence-electron chi connectivity index (χ4n) is 4.26. The van der Waals surface area contributed by atoms with Gasteiger partial charge in [0.25, 0.3) is 0 Å². The number of hydrogen-bond donors (Lipinski definition) is 0. The van der Waals surface area contributed by atoms with E-state index in [0.29, 0.717) is 19.7 Å². The summed E-state index contributed by atoms with van der Waals surface area (Å²) in [6.07, 6.45) is 3.73. The standard InChI is InChI=1S/C23H26N4O5S/c28-33(29,21-8-4-9-24-15-21)27-11-13-31-23(18-27)17-26(10-5-12-30-23)16-20-14-22(25-32-20)19-6-2-1-3-7-19/h1-4,6-9,14-15H,5,10-13,16-18H2. The highest BCUT2D eigenvalue weighted by molar-refractivity contribution is 7.89. The number of aromatic nitrogens is 2. The van der Waals surface area contributed by atoms with Crippen LogP contribution in [0.3, 0.4) is 0 Å². The molecule has 2 aliphatic rings. The number of ether oxygens (including phenoxy) is 2. The molecule has 4 heterocycles. The van der Waals surface area contributed by atoms with Gasteiger partial charge in [-0.3, -0.25) is 9.88 Å². The quantitative estimate of drug-likeness (QED) is 0.561. The molecule has 1 aromatic carbocycles. The summed E-state index contributed by atoms with van der Waals surface area (Å²) in [6.45, 7) is 2.87. The molecule has 2 fully saturated rings. The molecule has 5 rings (SSSR count). The average Bonchev–Trinajstić information content (AvgIpc) is 3.23. The van der Waals surface area contributed by atoms with Crippen molar-refractivity contribution in [3.63, 3.8) is 0 Å². The summed E-state index contributed by atoms with van der Waals surface area (Å²) in [6, 6.07) is 15.0. The van der Waals surface area contributed by atoms with E-state index < -0.39 is 15.8 Å². The van der Waals surface area contributed by atoms with E-state index in [1.165, 1.54) is 10.5 Å². The highest BCUT2D eigenvalue weighted by atomic mass is 32.2. The Morgan fingerprint density at radius 3 is 2.67 bits per heavy atom. The van der Waals surface area contributed by atoms with Crippen LogP contribution in [-0.2, 0) is 26.0 Å². The molecule has 0 aliphatic carbocycles. The molecular weight excluding hydrogens is 444 g/mol. The van der Waals surface area contributed by atoms with E-state index in [1.807, 2.05) is 36.4 Å². The van der Waals surface area contributed by atoms with Crippen LogP contribution in [0.25, 0.3) is 11.3 Å². The number of pyridine rings is 1. The summed E-state index contributed by atoms with van der Waals surface area (Å²) in [7, 11) is -3.69. The monoisotopic (exact) mass is 470 g/mol. The van der Waals surface area contributed by atoms with Crippen molar-refractivity contribution in [2.24, 2.45) is 0 Å². The van der Waals surface area contributed by atoms with Gasteiger partial charge in [-0.1, -0.05) is 35.5 Å². The van der Waals surface area contributed by atoms with Gasteiger partial charge in [-0.05, 0) is 18.6 Å². The third-order valence-corrected chi connectivity index (χ3v) is 7.68. The molecule has 1 unspecified atom stereocenters. The highest BCUT2D eigenvalue weighted by Gasteiger charge is 2.44. The zero-order valence-corrected chi connectivity index (χ0v) is 19.0. The van der Waals surface area contributed by atoms with Crippen molar-refractivity contribution < 1.29 is 22.4 Å². The number of sulfonamides is 1. The van der Waals surface area contributed by atoms with Gasteiger partial charge in [-0.15, -0.1) is 0 Å². The lowest BCUT2D eigenvalue weighted by atomic mass is 10.1. The lowest BCUT2D eigenvalue weighted by Gasteiger charge is -2.42. The lowest BCUT2D eigenvalue weighted by Crippen LogP contribution is -2.59. The molecule has 10 heteroatoms. The Balaban J connectivity index is 1.31. The van der Waals surface area contributed by atoms with Crippen LogP contribution >= 0.6 is 0 Å². The summed E-state index contributed by atoms with van der Waals surface area (Å²) >= 11 is 0. The molecule has 1 spiro atoms. The average molecular weight is 471 g/mol. The van der Waals surface area contributed by atoms with Gasteiger partial charge >= 0.3 is 0 Å². The molecule has 2 aromatic heterocycles. The molecule has 2 saturated heterocycles. The largest absolute Gasteiger partial charge is 0.359 e. The van der Waals surface area contributed by atoms with Crippen LogP contribution in [0, 0.1) is 0 Å². The first-order valence-corrected chi connectivity index (χ1v) is 12.4. The number of benzene rings is 1. The predicted molar refractivity (Wildman–Crippen MR) is 119 cm³/mol. The van der Waals surface area contributed by atoms with E-state index in [1.54, 1.807) is 18.3 Å². The molecule has 0 N–H and O–H groups in total. The van der Waals surface area contributed by atoms with Crippen LogP contribution in [0.4, 0.5) is 0 Å². The second kappa shape index (κ2) is 9.32. The Morgan fingerprint density at radius 1 is 1.00 bits per heavy atom. The number of nitrogens with zero attached hydrogens (tertiary/aromatic N) is 4. The number of hydrogen-bond acceptors (Lipinski definition) is 8. The molecule has 174 valence electrons.